The van der Waals surface area contributed by atoms with Crippen molar-refractivity contribution in [2.75, 3.05) is 5.75 Å². The Kier molecular flexibility index (Phi) is 5.50. The van der Waals surface area contributed by atoms with E-state index < -0.39 is 0 Å². The SMILES string of the molecule is CC(=O)c1cc(C#N)c(SCC(=O)NC(C)(C)C)nc1C. The zero-order valence-electron chi connectivity index (χ0n) is 12.9. The van der Waals surface area contributed by atoms with E-state index >= 15 is 0 Å². The summed E-state index contributed by atoms with van der Waals surface area (Å²) in [6, 6.07) is 3.56. The zero-order valence-corrected chi connectivity index (χ0v) is 13.7. The van der Waals surface area contributed by atoms with Crippen LogP contribution in [-0.4, -0.2) is 28.0 Å². The van der Waals surface area contributed by atoms with E-state index in [1.54, 1.807) is 6.92 Å². The molecule has 0 radical (unpaired) electrons. The Morgan fingerprint density at radius 3 is 2.52 bits per heavy atom. The number of Topliss-reactive ketones (excluding diaryl/α,β-unsaturated/α-hetero) is 1. The number of rotatable bonds is 4. The Morgan fingerprint density at radius 1 is 1.43 bits per heavy atom. The Hall–Kier alpha value is -1.87. The van der Waals surface area contributed by atoms with Crippen LogP contribution in [0.3, 0.4) is 0 Å². The van der Waals surface area contributed by atoms with Gasteiger partial charge in [-0.05, 0) is 40.7 Å². The van der Waals surface area contributed by atoms with Crippen LogP contribution in [0.25, 0.3) is 0 Å². The summed E-state index contributed by atoms with van der Waals surface area (Å²) in [6.45, 7) is 8.87. The van der Waals surface area contributed by atoms with Gasteiger partial charge in [-0.1, -0.05) is 11.8 Å². The van der Waals surface area contributed by atoms with E-state index in [0.717, 1.165) is 0 Å². The summed E-state index contributed by atoms with van der Waals surface area (Å²) in [5, 5.41) is 12.5. The highest BCUT2D eigenvalue weighted by atomic mass is 32.2. The molecule has 1 N–H and O–H groups in total. The van der Waals surface area contributed by atoms with Crippen LogP contribution in [0.2, 0.25) is 0 Å². The molecule has 0 saturated carbocycles. The molecule has 0 spiro atoms. The average molecular weight is 305 g/mol. The fourth-order valence-electron chi connectivity index (χ4n) is 1.72. The molecule has 1 amide bonds. The van der Waals surface area contributed by atoms with Gasteiger partial charge in [0, 0.05) is 16.8 Å². The summed E-state index contributed by atoms with van der Waals surface area (Å²) in [5.41, 5.74) is 1.03. The molecule has 1 aromatic rings. The number of aromatic nitrogens is 1. The van der Waals surface area contributed by atoms with Gasteiger partial charge in [-0.25, -0.2) is 4.98 Å². The predicted molar refractivity (Wildman–Crippen MR) is 82.3 cm³/mol. The van der Waals surface area contributed by atoms with E-state index in [9.17, 15) is 9.59 Å². The maximum Gasteiger partial charge on any atom is 0.230 e. The van der Waals surface area contributed by atoms with Gasteiger partial charge in [-0.2, -0.15) is 5.26 Å². The number of hydrogen-bond acceptors (Lipinski definition) is 5. The molecule has 5 nitrogen and oxygen atoms in total. The van der Waals surface area contributed by atoms with E-state index in [1.165, 1.54) is 24.8 Å². The summed E-state index contributed by atoms with van der Waals surface area (Å²) >= 11 is 1.20. The number of hydrogen-bond donors (Lipinski definition) is 1. The number of thioether (sulfide) groups is 1. The van der Waals surface area contributed by atoms with Crippen molar-refractivity contribution in [1.82, 2.24) is 10.3 Å². The monoisotopic (exact) mass is 305 g/mol. The maximum absolute atomic E-state index is 11.8. The maximum atomic E-state index is 11.8. The summed E-state index contributed by atoms with van der Waals surface area (Å²) < 4.78 is 0. The van der Waals surface area contributed by atoms with E-state index in [1.807, 2.05) is 26.8 Å². The number of pyridine rings is 1. The second-order valence-corrected chi connectivity index (χ2v) is 6.69. The Morgan fingerprint density at radius 2 is 2.05 bits per heavy atom. The quantitative estimate of drug-likeness (QED) is 0.682. The smallest absolute Gasteiger partial charge is 0.230 e. The normalized spacial score (nSPS) is 10.9. The first-order valence-corrected chi connectivity index (χ1v) is 7.49. The van der Waals surface area contributed by atoms with Crippen LogP contribution in [-0.2, 0) is 4.79 Å². The number of nitrogens with one attached hydrogen (secondary N) is 1. The van der Waals surface area contributed by atoms with Crippen molar-refractivity contribution in [1.29, 1.82) is 5.26 Å². The number of carbonyl (C=O) groups excluding carboxylic acids is 2. The molecule has 0 aromatic carbocycles. The summed E-state index contributed by atoms with van der Waals surface area (Å²) in [7, 11) is 0. The topological polar surface area (TPSA) is 82.8 Å². The lowest BCUT2D eigenvalue weighted by Gasteiger charge is -2.20. The van der Waals surface area contributed by atoms with Crippen LogP contribution in [0, 0.1) is 18.3 Å². The molecule has 0 atom stereocenters. The fraction of sp³-hybridized carbons (Fsp3) is 0.467. The van der Waals surface area contributed by atoms with Crippen LogP contribution in [0.5, 0.6) is 0 Å². The third-order valence-electron chi connectivity index (χ3n) is 2.53. The van der Waals surface area contributed by atoms with E-state index in [-0.39, 0.29) is 23.0 Å². The second kappa shape index (κ2) is 6.72. The van der Waals surface area contributed by atoms with Crippen LogP contribution < -0.4 is 5.32 Å². The lowest BCUT2D eigenvalue weighted by molar-refractivity contribution is -0.119. The molecular formula is C15H19N3O2S. The third kappa shape index (κ3) is 5.20. The van der Waals surface area contributed by atoms with Crippen molar-refractivity contribution in [3.63, 3.8) is 0 Å². The molecule has 0 bridgehead atoms. The van der Waals surface area contributed by atoms with Crippen molar-refractivity contribution in [3.05, 3.63) is 22.9 Å². The van der Waals surface area contributed by atoms with Crippen LogP contribution in [0.15, 0.2) is 11.1 Å². The first kappa shape index (κ1) is 17.2. The molecule has 6 heteroatoms. The van der Waals surface area contributed by atoms with Gasteiger partial charge in [0.05, 0.1) is 11.3 Å². The number of ketones is 1. The van der Waals surface area contributed by atoms with Crippen molar-refractivity contribution in [2.24, 2.45) is 0 Å². The van der Waals surface area contributed by atoms with Crippen molar-refractivity contribution < 1.29 is 9.59 Å². The summed E-state index contributed by atoms with van der Waals surface area (Å²) in [5.74, 6) is -0.0670. The van der Waals surface area contributed by atoms with Crippen LogP contribution in [0.4, 0.5) is 0 Å². The molecule has 0 aliphatic heterocycles. The Labute approximate surface area is 129 Å². The standard InChI is InChI=1S/C15H19N3O2S/c1-9-12(10(2)19)6-11(7-16)14(17-9)21-8-13(20)18-15(3,4)5/h6H,8H2,1-5H3,(H,18,20). The highest BCUT2D eigenvalue weighted by molar-refractivity contribution is 8.00. The van der Waals surface area contributed by atoms with Gasteiger partial charge in [0.2, 0.25) is 5.91 Å². The highest BCUT2D eigenvalue weighted by Crippen LogP contribution is 2.23. The van der Waals surface area contributed by atoms with Gasteiger partial charge in [0.15, 0.2) is 5.78 Å². The Bertz CT molecular complexity index is 613. The molecule has 0 aliphatic rings. The van der Waals surface area contributed by atoms with Gasteiger partial charge in [0.1, 0.15) is 11.1 Å². The number of amides is 1. The summed E-state index contributed by atoms with van der Waals surface area (Å²) in [4.78, 5) is 27.5. The van der Waals surface area contributed by atoms with Crippen LogP contribution in [0.1, 0.15) is 49.3 Å². The molecule has 0 saturated heterocycles. The summed E-state index contributed by atoms with van der Waals surface area (Å²) in [6.07, 6.45) is 0. The first-order chi connectivity index (χ1) is 9.64. The Balaban J connectivity index is 2.90. The molecule has 0 unspecified atom stereocenters. The van der Waals surface area contributed by atoms with Gasteiger partial charge in [-0.15, -0.1) is 0 Å². The predicted octanol–water partition coefficient (Wildman–Crippen LogP) is 2.47. The van der Waals surface area contributed by atoms with E-state index in [0.29, 0.717) is 21.8 Å². The third-order valence-corrected chi connectivity index (χ3v) is 3.52. The first-order valence-electron chi connectivity index (χ1n) is 6.50. The number of carbonyl (C=O) groups is 2. The second-order valence-electron chi connectivity index (χ2n) is 5.73. The minimum Gasteiger partial charge on any atom is -0.351 e. The molecule has 1 rings (SSSR count). The molecule has 0 aliphatic carbocycles. The molecule has 1 heterocycles. The lowest BCUT2D eigenvalue weighted by atomic mass is 10.1. The molecule has 0 fully saturated rings. The van der Waals surface area contributed by atoms with Gasteiger partial charge in [0.25, 0.3) is 0 Å². The van der Waals surface area contributed by atoms with Gasteiger partial charge in [-0.3, -0.25) is 9.59 Å². The van der Waals surface area contributed by atoms with E-state index in [2.05, 4.69) is 10.3 Å². The van der Waals surface area contributed by atoms with Crippen molar-refractivity contribution in [3.8, 4) is 6.07 Å². The minimum atomic E-state index is -0.294. The minimum absolute atomic E-state index is 0.119. The highest BCUT2D eigenvalue weighted by Gasteiger charge is 2.16. The van der Waals surface area contributed by atoms with Gasteiger partial charge >= 0.3 is 0 Å². The largest absolute Gasteiger partial charge is 0.351 e. The van der Waals surface area contributed by atoms with Crippen molar-refractivity contribution in [2.45, 2.75) is 45.2 Å². The number of nitriles is 1. The number of aryl methyl sites for hydroxylation is 1. The average Bonchev–Trinajstić information content (AvgIpc) is 2.33. The lowest BCUT2D eigenvalue weighted by Crippen LogP contribution is -2.41. The fourth-order valence-corrected chi connectivity index (χ4v) is 2.52. The molecular weight excluding hydrogens is 286 g/mol. The zero-order chi connectivity index (χ0) is 16.2. The van der Waals surface area contributed by atoms with Crippen LogP contribution >= 0.6 is 11.8 Å². The van der Waals surface area contributed by atoms with Crippen molar-refractivity contribution >= 4 is 23.5 Å². The molecule has 1 aromatic heterocycles. The molecule has 21 heavy (non-hydrogen) atoms. The molecule has 112 valence electrons. The van der Waals surface area contributed by atoms with E-state index in [4.69, 9.17) is 5.26 Å². The van der Waals surface area contributed by atoms with Gasteiger partial charge < -0.3 is 5.32 Å². The number of nitrogens with zero attached hydrogens (tertiary/aromatic N) is 2.